The minimum Gasteiger partial charge on any atom is -0.378 e. The maximum absolute atomic E-state index is 3.97. The van der Waals surface area contributed by atoms with E-state index in [9.17, 15) is 0 Å². The Hall–Kier alpha value is -4.36. The van der Waals surface area contributed by atoms with E-state index in [2.05, 4.69) is 155 Å². The molecule has 3 atom stereocenters. The summed E-state index contributed by atoms with van der Waals surface area (Å²) in [5, 5.41) is 3.97. The number of nitrogens with one attached hydrogen (secondary N) is 1. The highest BCUT2D eigenvalue weighted by atomic mass is 14.9. The van der Waals surface area contributed by atoms with Crippen LogP contribution in [0.1, 0.15) is 55.9 Å². The molecule has 0 radical (unpaired) electrons. The van der Waals surface area contributed by atoms with Gasteiger partial charge in [-0.25, -0.2) is 0 Å². The Morgan fingerprint density at radius 1 is 0.930 bits per heavy atom. The van der Waals surface area contributed by atoms with Crippen LogP contribution in [0.4, 0.5) is 5.69 Å². The van der Waals surface area contributed by atoms with Crippen molar-refractivity contribution < 1.29 is 0 Å². The van der Waals surface area contributed by atoms with Gasteiger partial charge in [-0.15, -0.1) is 0 Å². The summed E-state index contributed by atoms with van der Waals surface area (Å²) in [6.45, 7) is 13.0. The van der Waals surface area contributed by atoms with Crippen molar-refractivity contribution in [1.29, 1.82) is 0 Å². The number of allylic oxidation sites excluding steroid dienone is 11. The molecule has 0 aliphatic heterocycles. The van der Waals surface area contributed by atoms with Gasteiger partial charge in [0.25, 0.3) is 0 Å². The lowest BCUT2D eigenvalue weighted by atomic mass is 9.62. The second-order valence-corrected chi connectivity index (χ2v) is 12.2. The zero-order valence-corrected chi connectivity index (χ0v) is 26.0. The van der Waals surface area contributed by atoms with Crippen LogP contribution in [0.5, 0.6) is 0 Å². The Morgan fingerprint density at radius 2 is 1.63 bits per heavy atom. The topological polar surface area (TPSA) is 12.0 Å². The molecule has 3 aromatic rings. The van der Waals surface area contributed by atoms with Crippen molar-refractivity contribution >= 4 is 11.3 Å². The van der Waals surface area contributed by atoms with E-state index >= 15 is 0 Å². The van der Waals surface area contributed by atoms with Crippen molar-refractivity contribution in [2.45, 2.75) is 52.0 Å². The molecule has 1 N–H and O–H groups in total. The molecule has 216 valence electrons. The third-order valence-electron chi connectivity index (χ3n) is 9.54. The quantitative estimate of drug-likeness (QED) is 0.270. The van der Waals surface area contributed by atoms with Crippen LogP contribution in [0.2, 0.25) is 0 Å². The van der Waals surface area contributed by atoms with Gasteiger partial charge in [0.15, 0.2) is 0 Å². The lowest BCUT2D eigenvalue weighted by Gasteiger charge is -2.40. The first kappa shape index (κ1) is 28.7. The van der Waals surface area contributed by atoms with Gasteiger partial charge in [-0.2, -0.15) is 0 Å². The zero-order valence-electron chi connectivity index (χ0n) is 26.0. The smallest absolute Gasteiger partial charge is 0.0676 e. The zero-order chi connectivity index (χ0) is 30.0. The Bertz CT molecular complexity index is 1650. The van der Waals surface area contributed by atoms with Gasteiger partial charge >= 0.3 is 0 Å². The number of rotatable bonds is 8. The van der Waals surface area contributed by atoms with Crippen LogP contribution < -0.4 is 5.32 Å². The lowest BCUT2D eigenvalue weighted by molar-refractivity contribution is 0.569. The summed E-state index contributed by atoms with van der Waals surface area (Å²) >= 11 is 0. The molecule has 0 saturated carbocycles. The van der Waals surface area contributed by atoms with Crippen LogP contribution in [-0.4, -0.2) is 6.04 Å². The van der Waals surface area contributed by atoms with Gasteiger partial charge in [0.2, 0.25) is 0 Å². The number of aryl methyl sites for hydroxylation is 1. The first-order valence-corrected chi connectivity index (χ1v) is 15.8. The van der Waals surface area contributed by atoms with Crippen molar-refractivity contribution in [2.75, 3.05) is 5.32 Å². The lowest BCUT2D eigenvalue weighted by Crippen LogP contribution is -2.36. The van der Waals surface area contributed by atoms with Gasteiger partial charge in [-0.3, -0.25) is 0 Å². The highest BCUT2D eigenvalue weighted by Gasteiger charge is 2.52. The number of anilines is 1. The number of hydrogen-bond donors (Lipinski definition) is 1. The number of fused-ring (bicyclic) bond motifs is 2. The van der Waals surface area contributed by atoms with Crippen LogP contribution in [0.25, 0.3) is 5.57 Å². The summed E-state index contributed by atoms with van der Waals surface area (Å²) in [4.78, 5) is 0. The molecule has 1 heteroatoms. The standard InChI is InChI=1S/C42H43N/c1-6-8-11-18-32(7-2)37-27-35(25-24-29(37)3)43-40-28-39-38(26-31(40)5)36-23-16-17-30(4)41(36)42(39,33-19-12-9-13-20-33)34-21-14-10-15-22-34/h6,8-16,18-28,30-31,40,43H,1,7,17H2,2-5H3/b11-8-,32-18+. The van der Waals surface area contributed by atoms with E-state index in [0.717, 1.165) is 18.5 Å². The third kappa shape index (κ3) is 5.01. The number of benzene rings is 3. The predicted molar refractivity (Wildman–Crippen MR) is 185 cm³/mol. The van der Waals surface area contributed by atoms with Gasteiger partial charge in [0, 0.05) is 5.69 Å². The van der Waals surface area contributed by atoms with Gasteiger partial charge < -0.3 is 5.32 Å². The molecule has 0 saturated heterocycles. The van der Waals surface area contributed by atoms with Crippen molar-refractivity contribution in [3.8, 4) is 0 Å². The molecule has 3 aliphatic rings. The highest BCUT2D eigenvalue weighted by Crippen LogP contribution is 2.61. The van der Waals surface area contributed by atoms with Crippen molar-refractivity contribution in [3.63, 3.8) is 0 Å². The molecular formula is C42H43N. The summed E-state index contributed by atoms with van der Waals surface area (Å²) in [7, 11) is 0. The molecule has 1 nitrogen and oxygen atoms in total. The van der Waals surface area contributed by atoms with Crippen LogP contribution >= 0.6 is 0 Å². The third-order valence-corrected chi connectivity index (χ3v) is 9.54. The van der Waals surface area contributed by atoms with Crippen LogP contribution in [0.3, 0.4) is 0 Å². The number of hydrogen-bond acceptors (Lipinski definition) is 1. The molecule has 0 bridgehead atoms. The molecule has 6 rings (SSSR count). The van der Waals surface area contributed by atoms with Crippen molar-refractivity contribution in [2.24, 2.45) is 11.8 Å². The van der Waals surface area contributed by atoms with Crippen LogP contribution in [-0.2, 0) is 5.41 Å². The molecule has 3 unspecified atom stereocenters. The van der Waals surface area contributed by atoms with E-state index < -0.39 is 0 Å². The van der Waals surface area contributed by atoms with E-state index in [1.807, 2.05) is 12.2 Å². The molecule has 3 aromatic carbocycles. The monoisotopic (exact) mass is 561 g/mol. The summed E-state index contributed by atoms with van der Waals surface area (Å²) < 4.78 is 0. The average molecular weight is 562 g/mol. The first-order chi connectivity index (χ1) is 21.0. The molecule has 0 amide bonds. The average Bonchev–Trinajstić information content (AvgIpc) is 3.32. The fourth-order valence-corrected chi connectivity index (χ4v) is 7.49. The molecule has 43 heavy (non-hydrogen) atoms. The fraction of sp³-hybridized carbons (Fsp3) is 0.238. The van der Waals surface area contributed by atoms with Gasteiger partial charge in [0.1, 0.15) is 0 Å². The van der Waals surface area contributed by atoms with Crippen molar-refractivity contribution in [3.05, 3.63) is 179 Å². The Balaban J connectivity index is 1.49. The normalized spacial score (nSPS) is 22.6. The molecule has 0 aromatic heterocycles. The van der Waals surface area contributed by atoms with Gasteiger partial charge in [0.05, 0.1) is 11.5 Å². The minimum absolute atomic E-state index is 0.163. The SMILES string of the molecule is C=C/C=C\C=C(/CC)c1cc(NC2C=C3C(=CC2C)C2=C(C(C)CC=C2)C3(c2ccccc2)c2ccccc2)ccc1C. The predicted octanol–water partition coefficient (Wildman–Crippen LogP) is 10.7. The Labute approximate surface area is 258 Å². The molecule has 0 spiro atoms. The molecule has 0 heterocycles. The largest absolute Gasteiger partial charge is 0.378 e. The van der Waals surface area contributed by atoms with Crippen molar-refractivity contribution in [1.82, 2.24) is 0 Å². The molecular weight excluding hydrogens is 518 g/mol. The molecule has 0 fully saturated rings. The fourth-order valence-electron chi connectivity index (χ4n) is 7.49. The second kappa shape index (κ2) is 12.1. The Kier molecular flexibility index (Phi) is 8.08. The van der Waals surface area contributed by atoms with Crippen LogP contribution in [0, 0.1) is 18.8 Å². The Morgan fingerprint density at radius 3 is 2.28 bits per heavy atom. The van der Waals surface area contributed by atoms with Gasteiger partial charge in [-0.05, 0) is 93.9 Å². The summed E-state index contributed by atoms with van der Waals surface area (Å²) in [6, 6.07) is 29.4. The second-order valence-electron chi connectivity index (χ2n) is 12.2. The summed E-state index contributed by atoms with van der Waals surface area (Å²) in [5.41, 5.74) is 13.3. The summed E-state index contributed by atoms with van der Waals surface area (Å²) in [5.74, 6) is 0.783. The first-order valence-electron chi connectivity index (χ1n) is 15.8. The highest BCUT2D eigenvalue weighted by molar-refractivity contribution is 5.78. The molecule has 3 aliphatic carbocycles. The van der Waals surface area contributed by atoms with Crippen LogP contribution in [0.15, 0.2) is 156 Å². The van der Waals surface area contributed by atoms with Gasteiger partial charge in [-0.1, -0.05) is 143 Å². The minimum atomic E-state index is -0.317. The maximum Gasteiger partial charge on any atom is 0.0676 e. The van der Waals surface area contributed by atoms with E-state index in [1.54, 1.807) is 5.57 Å². The van der Waals surface area contributed by atoms with E-state index in [0.29, 0.717) is 11.8 Å². The van der Waals surface area contributed by atoms with E-state index in [4.69, 9.17) is 0 Å². The van der Waals surface area contributed by atoms with E-state index in [-0.39, 0.29) is 11.5 Å². The maximum atomic E-state index is 3.97. The van der Waals surface area contributed by atoms with E-state index in [1.165, 1.54) is 44.5 Å². The summed E-state index contributed by atoms with van der Waals surface area (Å²) in [6.07, 6.45) is 20.0.